The van der Waals surface area contributed by atoms with Crippen molar-refractivity contribution in [2.24, 2.45) is 0 Å². The fourth-order valence-corrected chi connectivity index (χ4v) is 1.53. The number of esters is 1. The van der Waals surface area contributed by atoms with E-state index in [1.165, 1.54) is 0 Å². The first-order valence-electron chi connectivity index (χ1n) is 5.51. The molecule has 0 saturated heterocycles. The van der Waals surface area contributed by atoms with E-state index in [0.717, 1.165) is 17.1 Å². The van der Waals surface area contributed by atoms with Crippen LogP contribution >= 0.6 is 0 Å². The van der Waals surface area contributed by atoms with E-state index in [4.69, 9.17) is 14.2 Å². The van der Waals surface area contributed by atoms with E-state index >= 15 is 0 Å². The molecule has 0 atom stereocenters. The van der Waals surface area contributed by atoms with Crippen LogP contribution in [0.3, 0.4) is 0 Å². The van der Waals surface area contributed by atoms with Crippen LogP contribution in [0, 0.1) is 0 Å². The molecule has 0 amide bonds. The second-order valence-electron chi connectivity index (χ2n) is 3.52. The number of carbonyl (C=O) groups excluding carboxylic acids is 1. The molecule has 0 saturated carbocycles. The molecular formula is C13H14O4. The molecule has 0 unspecified atom stereocenters. The molecule has 4 nitrogen and oxygen atoms in total. The second kappa shape index (κ2) is 5.39. The van der Waals surface area contributed by atoms with Crippen LogP contribution in [0.1, 0.15) is 18.9 Å². The molecule has 90 valence electrons. The van der Waals surface area contributed by atoms with E-state index in [1.54, 1.807) is 13.0 Å². The number of ether oxygens (including phenoxy) is 3. The number of hydrogen-bond donors (Lipinski definition) is 0. The van der Waals surface area contributed by atoms with Gasteiger partial charge in [-0.3, -0.25) is 4.79 Å². The van der Waals surface area contributed by atoms with Gasteiger partial charge in [0, 0.05) is 0 Å². The minimum Gasteiger partial charge on any atom is -0.466 e. The van der Waals surface area contributed by atoms with Gasteiger partial charge in [0.1, 0.15) is 0 Å². The van der Waals surface area contributed by atoms with Crippen molar-refractivity contribution in [1.82, 2.24) is 0 Å². The molecule has 0 bridgehead atoms. The highest BCUT2D eigenvalue weighted by atomic mass is 16.7. The van der Waals surface area contributed by atoms with Crippen LogP contribution in [0.5, 0.6) is 11.5 Å². The summed E-state index contributed by atoms with van der Waals surface area (Å²) in [4.78, 5) is 11.1. The third-order valence-electron chi connectivity index (χ3n) is 2.30. The van der Waals surface area contributed by atoms with Crippen LogP contribution in [0.2, 0.25) is 0 Å². The van der Waals surface area contributed by atoms with Gasteiger partial charge >= 0.3 is 5.97 Å². The van der Waals surface area contributed by atoms with Crippen LogP contribution in [-0.2, 0) is 9.53 Å². The number of fused-ring (bicyclic) bond motifs is 1. The van der Waals surface area contributed by atoms with Gasteiger partial charge in [0.25, 0.3) is 0 Å². The third-order valence-corrected chi connectivity index (χ3v) is 2.30. The summed E-state index contributed by atoms with van der Waals surface area (Å²) in [5, 5.41) is 0. The highest BCUT2D eigenvalue weighted by Crippen LogP contribution is 2.32. The van der Waals surface area contributed by atoms with Gasteiger partial charge in [0.15, 0.2) is 11.5 Å². The van der Waals surface area contributed by atoms with Crippen molar-refractivity contribution in [3.05, 3.63) is 29.8 Å². The van der Waals surface area contributed by atoms with Gasteiger partial charge in [-0.15, -0.1) is 0 Å². The lowest BCUT2D eigenvalue weighted by Crippen LogP contribution is -2.01. The SMILES string of the molecule is CCOC(=O)CC=Cc1ccc2c(c1)OCO2. The predicted molar refractivity (Wildman–Crippen MR) is 62.8 cm³/mol. The summed E-state index contributed by atoms with van der Waals surface area (Å²) in [6.45, 7) is 2.47. The van der Waals surface area contributed by atoms with E-state index in [9.17, 15) is 4.79 Å². The number of carbonyl (C=O) groups is 1. The van der Waals surface area contributed by atoms with Crippen molar-refractivity contribution < 1.29 is 19.0 Å². The Bertz CT molecular complexity index is 437. The van der Waals surface area contributed by atoms with Crippen molar-refractivity contribution >= 4 is 12.0 Å². The highest BCUT2D eigenvalue weighted by molar-refractivity contribution is 5.72. The maximum Gasteiger partial charge on any atom is 0.309 e. The molecule has 1 aromatic carbocycles. The molecule has 1 aliphatic rings. The highest BCUT2D eigenvalue weighted by Gasteiger charge is 2.12. The van der Waals surface area contributed by atoms with Gasteiger partial charge in [-0.2, -0.15) is 0 Å². The number of rotatable bonds is 4. The molecule has 17 heavy (non-hydrogen) atoms. The van der Waals surface area contributed by atoms with Gasteiger partial charge in [-0.25, -0.2) is 0 Å². The largest absolute Gasteiger partial charge is 0.466 e. The van der Waals surface area contributed by atoms with Crippen LogP contribution in [0.4, 0.5) is 0 Å². The van der Waals surface area contributed by atoms with E-state index in [0.29, 0.717) is 6.61 Å². The molecule has 4 heteroatoms. The zero-order valence-electron chi connectivity index (χ0n) is 9.64. The average Bonchev–Trinajstić information content (AvgIpc) is 2.76. The lowest BCUT2D eigenvalue weighted by atomic mass is 10.2. The summed E-state index contributed by atoms with van der Waals surface area (Å²) < 4.78 is 15.3. The number of benzene rings is 1. The minimum atomic E-state index is -0.218. The first kappa shape index (κ1) is 11.5. The number of hydrogen-bond acceptors (Lipinski definition) is 4. The minimum absolute atomic E-state index is 0.218. The van der Waals surface area contributed by atoms with Gasteiger partial charge in [-0.05, 0) is 24.6 Å². The molecule has 1 heterocycles. The second-order valence-corrected chi connectivity index (χ2v) is 3.52. The molecule has 0 N–H and O–H groups in total. The third kappa shape index (κ3) is 3.00. The first-order valence-corrected chi connectivity index (χ1v) is 5.51. The first-order chi connectivity index (χ1) is 8.29. The smallest absolute Gasteiger partial charge is 0.309 e. The van der Waals surface area contributed by atoms with Crippen molar-refractivity contribution in [2.45, 2.75) is 13.3 Å². The zero-order chi connectivity index (χ0) is 12.1. The van der Waals surface area contributed by atoms with Crippen LogP contribution in [0.15, 0.2) is 24.3 Å². The Morgan fingerprint density at radius 2 is 2.24 bits per heavy atom. The van der Waals surface area contributed by atoms with E-state index < -0.39 is 0 Å². The molecule has 0 radical (unpaired) electrons. The Morgan fingerprint density at radius 1 is 1.41 bits per heavy atom. The van der Waals surface area contributed by atoms with Gasteiger partial charge in [0.2, 0.25) is 6.79 Å². The Balaban J connectivity index is 1.95. The fourth-order valence-electron chi connectivity index (χ4n) is 1.53. The molecule has 0 aromatic heterocycles. The van der Waals surface area contributed by atoms with Crippen molar-refractivity contribution in [1.29, 1.82) is 0 Å². The van der Waals surface area contributed by atoms with E-state index in [1.807, 2.05) is 24.3 Å². The topological polar surface area (TPSA) is 44.8 Å². The average molecular weight is 234 g/mol. The van der Waals surface area contributed by atoms with E-state index in [2.05, 4.69) is 0 Å². The summed E-state index contributed by atoms with van der Waals surface area (Å²) in [5.74, 6) is 1.28. The molecule has 1 aromatic rings. The Labute approximate surface area is 99.8 Å². The summed E-state index contributed by atoms with van der Waals surface area (Å²) >= 11 is 0. The van der Waals surface area contributed by atoms with Gasteiger partial charge in [0.05, 0.1) is 13.0 Å². The van der Waals surface area contributed by atoms with Crippen LogP contribution in [0.25, 0.3) is 6.08 Å². The standard InChI is InChI=1S/C13H14O4/c1-2-15-13(14)5-3-4-10-6-7-11-12(8-10)17-9-16-11/h3-4,6-8H,2,5,9H2,1H3. The van der Waals surface area contributed by atoms with Crippen molar-refractivity contribution in [2.75, 3.05) is 13.4 Å². The molecule has 0 spiro atoms. The summed E-state index contributed by atoms with van der Waals surface area (Å²) in [6, 6.07) is 5.64. The molecule has 0 aliphatic carbocycles. The quantitative estimate of drug-likeness (QED) is 0.750. The summed E-state index contributed by atoms with van der Waals surface area (Å²) in [7, 11) is 0. The molecular weight excluding hydrogens is 220 g/mol. The fraction of sp³-hybridized carbons (Fsp3) is 0.308. The van der Waals surface area contributed by atoms with E-state index in [-0.39, 0.29) is 19.2 Å². The zero-order valence-corrected chi connectivity index (χ0v) is 9.64. The monoisotopic (exact) mass is 234 g/mol. The lowest BCUT2D eigenvalue weighted by molar-refractivity contribution is -0.142. The van der Waals surface area contributed by atoms with Crippen LogP contribution in [-0.4, -0.2) is 19.4 Å². The lowest BCUT2D eigenvalue weighted by Gasteiger charge is -1.98. The van der Waals surface area contributed by atoms with Crippen molar-refractivity contribution in [3.8, 4) is 11.5 Å². The Hall–Kier alpha value is -1.97. The van der Waals surface area contributed by atoms with Crippen LogP contribution < -0.4 is 9.47 Å². The molecule has 2 rings (SSSR count). The Morgan fingerprint density at radius 3 is 3.06 bits per heavy atom. The summed E-state index contributed by atoms with van der Waals surface area (Å²) in [6.07, 6.45) is 3.91. The molecule has 0 fully saturated rings. The molecule has 1 aliphatic heterocycles. The maximum atomic E-state index is 11.1. The summed E-state index contributed by atoms with van der Waals surface area (Å²) in [5.41, 5.74) is 0.971. The van der Waals surface area contributed by atoms with Crippen molar-refractivity contribution in [3.63, 3.8) is 0 Å². The van der Waals surface area contributed by atoms with Gasteiger partial charge in [-0.1, -0.05) is 18.2 Å². The maximum absolute atomic E-state index is 11.1. The Kier molecular flexibility index (Phi) is 3.65. The normalized spacial score (nSPS) is 13.0. The van der Waals surface area contributed by atoms with Gasteiger partial charge < -0.3 is 14.2 Å². The predicted octanol–water partition coefficient (Wildman–Crippen LogP) is 2.38.